The Morgan fingerprint density at radius 3 is 2.68 bits per heavy atom. The number of para-hydroxylation sites is 2. The van der Waals surface area contributed by atoms with Gasteiger partial charge in [-0.1, -0.05) is 12.1 Å². The van der Waals surface area contributed by atoms with Crippen LogP contribution in [-0.2, 0) is 4.74 Å². The number of methoxy groups -OCH3 is 2. The third-order valence-electron chi connectivity index (χ3n) is 3.85. The van der Waals surface area contributed by atoms with E-state index in [1.807, 2.05) is 18.2 Å². The third kappa shape index (κ3) is 4.53. The molecule has 0 saturated carbocycles. The molecule has 0 bridgehead atoms. The van der Waals surface area contributed by atoms with Crippen molar-refractivity contribution in [2.24, 2.45) is 0 Å². The van der Waals surface area contributed by atoms with Crippen molar-refractivity contribution >= 4 is 11.7 Å². The Bertz CT molecular complexity index is 473. The van der Waals surface area contributed by atoms with Crippen LogP contribution in [0.2, 0.25) is 0 Å². The second-order valence-electron chi connectivity index (χ2n) is 5.33. The molecule has 122 valence electrons. The molecule has 2 amide bonds. The van der Waals surface area contributed by atoms with Crippen LogP contribution in [0.1, 0.15) is 12.8 Å². The largest absolute Gasteiger partial charge is 0.495 e. The van der Waals surface area contributed by atoms with Crippen molar-refractivity contribution in [2.45, 2.75) is 18.9 Å². The Morgan fingerprint density at radius 2 is 2.00 bits per heavy atom. The molecule has 6 nitrogen and oxygen atoms in total. The molecule has 1 aliphatic rings. The second-order valence-corrected chi connectivity index (χ2v) is 5.33. The van der Waals surface area contributed by atoms with Gasteiger partial charge in [0.05, 0.1) is 19.4 Å². The first-order valence-electron chi connectivity index (χ1n) is 7.66. The minimum atomic E-state index is -0.118. The van der Waals surface area contributed by atoms with Crippen LogP contribution in [0, 0.1) is 0 Å². The van der Waals surface area contributed by atoms with Gasteiger partial charge in [-0.15, -0.1) is 0 Å². The Morgan fingerprint density at radius 1 is 1.27 bits per heavy atom. The van der Waals surface area contributed by atoms with Gasteiger partial charge in [-0.2, -0.15) is 0 Å². The van der Waals surface area contributed by atoms with Crippen molar-refractivity contribution < 1.29 is 14.3 Å². The molecule has 1 aliphatic heterocycles. The van der Waals surface area contributed by atoms with Crippen LogP contribution in [0.3, 0.4) is 0 Å². The number of hydrogen-bond donors (Lipinski definition) is 2. The molecular formula is C16H25N3O3. The highest BCUT2D eigenvalue weighted by Gasteiger charge is 2.22. The quantitative estimate of drug-likeness (QED) is 0.784. The summed E-state index contributed by atoms with van der Waals surface area (Å²) >= 11 is 0. The van der Waals surface area contributed by atoms with E-state index >= 15 is 0 Å². The first-order chi connectivity index (χ1) is 10.7. The number of nitrogens with zero attached hydrogens (tertiary/aromatic N) is 1. The van der Waals surface area contributed by atoms with Crippen molar-refractivity contribution in [3.05, 3.63) is 24.3 Å². The van der Waals surface area contributed by atoms with Crippen LogP contribution >= 0.6 is 0 Å². The SMILES string of the molecule is COCCNC(=O)NC1CCN(c2ccccc2OC)CC1. The number of benzene rings is 1. The van der Waals surface area contributed by atoms with Crippen LogP contribution < -0.4 is 20.3 Å². The van der Waals surface area contributed by atoms with E-state index in [0.29, 0.717) is 13.2 Å². The monoisotopic (exact) mass is 307 g/mol. The van der Waals surface area contributed by atoms with Crippen molar-refractivity contribution in [3.8, 4) is 5.75 Å². The summed E-state index contributed by atoms with van der Waals surface area (Å²) in [5.41, 5.74) is 1.12. The zero-order chi connectivity index (χ0) is 15.8. The zero-order valence-corrected chi connectivity index (χ0v) is 13.3. The fourth-order valence-corrected chi connectivity index (χ4v) is 2.66. The number of carbonyl (C=O) groups is 1. The summed E-state index contributed by atoms with van der Waals surface area (Å²) in [5.74, 6) is 0.895. The minimum absolute atomic E-state index is 0.118. The lowest BCUT2D eigenvalue weighted by Crippen LogP contribution is -2.48. The van der Waals surface area contributed by atoms with Crippen molar-refractivity contribution in [1.82, 2.24) is 10.6 Å². The van der Waals surface area contributed by atoms with Gasteiger partial charge in [-0.3, -0.25) is 0 Å². The summed E-state index contributed by atoms with van der Waals surface area (Å²) in [5, 5.41) is 5.80. The number of rotatable bonds is 6. The Labute approximate surface area is 131 Å². The number of carbonyl (C=O) groups excluding carboxylic acids is 1. The van der Waals surface area contributed by atoms with E-state index in [1.165, 1.54) is 0 Å². The summed E-state index contributed by atoms with van der Waals surface area (Å²) in [6.45, 7) is 2.87. The van der Waals surface area contributed by atoms with Crippen molar-refractivity contribution in [3.63, 3.8) is 0 Å². The van der Waals surface area contributed by atoms with Crippen LogP contribution in [0.5, 0.6) is 5.75 Å². The molecule has 0 aromatic heterocycles. The van der Waals surface area contributed by atoms with Gasteiger partial charge in [0.2, 0.25) is 0 Å². The van der Waals surface area contributed by atoms with Crippen LogP contribution in [0.15, 0.2) is 24.3 Å². The van der Waals surface area contributed by atoms with E-state index in [4.69, 9.17) is 9.47 Å². The first-order valence-corrected chi connectivity index (χ1v) is 7.66. The molecule has 0 unspecified atom stereocenters. The van der Waals surface area contributed by atoms with Gasteiger partial charge >= 0.3 is 6.03 Å². The highest BCUT2D eigenvalue weighted by molar-refractivity contribution is 5.74. The molecule has 1 aromatic carbocycles. The smallest absolute Gasteiger partial charge is 0.315 e. The Balaban J connectivity index is 1.79. The van der Waals surface area contributed by atoms with Crippen LogP contribution in [0.25, 0.3) is 0 Å². The minimum Gasteiger partial charge on any atom is -0.495 e. The number of piperidine rings is 1. The van der Waals surface area contributed by atoms with E-state index in [1.54, 1.807) is 14.2 Å². The summed E-state index contributed by atoms with van der Waals surface area (Å²) < 4.78 is 10.3. The first kappa shape index (κ1) is 16.4. The standard InChI is InChI=1S/C16H25N3O3/c1-21-12-9-17-16(20)18-13-7-10-19(11-8-13)14-5-3-4-6-15(14)22-2/h3-6,13H,7-12H2,1-2H3,(H2,17,18,20). The van der Waals surface area contributed by atoms with E-state index in [-0.39, 0.29) is 12.1 Å². The molecule has 1 aromatic rings. The molecule has 2 N–H and O–H groups in total. The Kier molecular flexibility index (Phi) is 6.33. The molecule has 22 heavy (non-hydrogen) atoms. The van der Waals surface area contributed by atoms with Gasteiger partial charge in [0, 0.05) is 32.8 Å². The summed E-state index contributed by atoms with van der Waals surface area (Å²) in [6, 6.07) is 8.14. The average molecular weight is 307 g/mol. The fourth-order valence-electron chi connectivity index (χ4n) is 2.66. The number of anilines is 1. The molecule has 0 radical (unpaired) electrons. The summed E-state index contributed by atoms with van der Waals surface area (Å²) in [6.07, 6.45) is 1.85. The molecule has 0 spiro atoms. The van der Waals surface area contributed by atoms with Crippen molar-refractivity contribution in [1.29, 1.82) is 0 Å². The van der Waals surface area contributed by atoms with Gasteiger partial charge in [0.1, 0.15) is 5.75 Å². The average Bonchev–Trinajstić information content (AvgIpc) is 2.56. The molecule has 0 atom stereocenters. The molecule has 1 fully saturated rings. The highest BCUT2D eigenvalue weighted by atomic mass is 16.5. The molecule has 0 aliphatic carbocycles. The number of nitrogens with one attached hydrogen (secondary N) is 2. The highest BCUT2D eigenvalue weighted by Crippen LogP contribution is 2.29. The molecule has 2 rings (SSSR count). The number of hydrogen-bond acceptors (Lipinski definition) is 4. The predicted octanol–water partition coefficient (Wildman–Crippen LogP) is 1.61. The van der Waals surface area contributed by atoms with E-state index in [0.717, 1.165) is 37.4 Å². The van der Waals surface area contributed by atoms with Crippen LogP contribution in [0.4, 0.5) is 10.5 Å². The van der Waals surface area contributed by atoms with Gasteiger partial charge in [-0.05, 0) is 25.0 Å². The van der Waals surface area contributed by atoms with E-state index < -0.39 is 0 Å². The maximum absolute atomic E-state index is 11.7. The second kappa shape index (κ2) is 8.48. The van der Waals surface area contributed by atoms with Gasteiger partial charge in [0.25, 0.3) is 0 Å². The molecule has 1 heterocycles. The number of ether oxygens (including phenoxy) is 2. The zero-order valence-electron chi connectivity index (χ0n) is 13.3. The molecular weight excluding hydrogens is 282 g/mol. The molecule has 6 heteroatoms. The third-order valence-corrected chi connectivity index (χ3v) is 3.85. The number of amides is 2. The van der Waals surface area contributed by atoms with Gasteiger partial charge < -0.3 is 25.0 Å². The maximum atomic E-state index is 11.7. The summed E-state index contributed by atoms with van der Waals surface area (Å²) in [7, 11) is 3.31. The van der Waals surface area contributed by atoms with Crippen LogP contribution in [-0.4, -0.2) is 52.5 Å². The topological polar surface area (TPSA) is 62.8 Å². The van der Waals surface area contributed by atoms with E-state index in [9.17, 15) is 4.79 Å². The maximum Gasteiger partial charge on any atom is 0.315 e. The summed E-state index contributed by atoms with van der Waals surface area (Å²) in [4.78, 5) is 14.0. The lowest BCUT2D eigenvalue weighted by Gasteiger charge is -2.34. The van der Waals surface area contributed by atoms with Crippen molar-refractivity contribution in [2.75, 3.05) is 45.4 Å². The van der Waals surface area contributed by atoms with Gasteiger partial charge in [0.15, 0.2) is 0 Å². The fraction of sp³-hybridized carbons (Fsp3) is 0.562. The normalized spacial score (nSPS) is 15.5. The van der Waals surface area contributed by atoms with E-state index in [2.05, 4.69) is 21.6 Å². The number of urea groups is 1. The predicted molar refractivity (Wildman–Crippen MR) is 86.6 cm³/mol. The van der Waals surface area contributed by atoms with Gasteiger partial charge in [-0.25, -0.2) is 4.79 Å². The molecule has 1 saturated heterocycles. The lowest BCUT2D eigenvalue weighted by molar-refractivity contribution is 0.194. The Hall–Kier alpha value is -1.95. The lowest BCUT2D eigenvalue weighted by atomic mass is 10.0.